The number of hydrogen-bond acceptors (Lipinski definition) is 2. The zero-order valence-electron chi connectivity index (χ0n) is 10.8. The van der Waals surface area contributed by atoms with Gasteiger partial charge in [0.25, 0.3) is 0 Å². The van der Waals surface area contributed by atoms with Crippen molar-refractivity contribution in [1.29, 1.82) is 0 Å². The van der Waals surface area contributed by atoms with Crippen LogP contribution in [0.25, 0.3) is 0 Å². The van der Waals surface area contributed by atoms with Crippen molar-refractivity contribution in [3.8, 4) is 0 Å². The highest BCUT2D eigenvalue weighted by atomic mass is 79.9. The Balaban J connectivity index is 2.16. The van der Waals surface area contributed by atoms with Crippen LogP contribution in [-0.4, -0.2) is 20.5 Å². The number of rotatable bonds is 3. The van der Waals surface area contributed by atoms with Crippen LogP contribution in [0.1, 0.15) is 44.0 Å². The molecule has 1 aliphatic rings. The largest absolute Gasteiger partial charge is 0.389 e. The van der Waals surface area contributed by atoms with Crippen molar-refractivity contribution in [2.75, 3.05) is 0 Å². The van der Waals surface area contributed by atoms with Gasteiger partial charge in [0.15, 0.2) is 0 Å². The second kappa shape index (κ2) is 4.73. The molecule has 0 bridgehead atoms. The average Bonchev–Trinajstić information content (AvgIpc) is 2.76. The number of aryl methyl sites for hydroxylation is 2. The Bertz CT molecular complexity index is 416. The van der Waals surface area contributed by atoms with E-state index in [0.29, 0.717) is 12.3 Å². The summed E-state index contributed by atoms with van der Waals surface area (Å²) in [6, 6.07) is 0. The van der Waals surface area contributed by atoms with Gasteiger partial charge in [-0.15, -0.1) is 0 Å². The minimum Gasteiger partial charge on any atom is -0.389 e. The first kappa shape index (κ1) is 13.1. The maximum Gasteiger partial charge on any atom is 0.0738 e. The predicted molar refractivity (Wildman–Crippen MR) is 71.9 cm³/mol. The van der Waals surface area contributed by atoms with E-state index in [-0.39, 0.29) is 0 Å². The fraction of sp³-hybridized carbons (Fsp3) is 0.769. The molecule has 0 aromatic carbocycles. The van der Waals surface area contributed by atoms with Crippen LogP contribution < -0.4 is 0 Å². The standard InChI is InChI=1S/C13H21BrN2O/c1-4-10-5-6-13(17,7-10)8-11-12(14)9(2)15-16(11)3/h10,17H,4-8H2,1-3H3. The molecule has 1 aliphatic carbocycles. The van der Waals surface area contributed by atoms with Crippen LogP contribution in [0.5, 0.6) is 0 Å². The van der Waals surface area contributed by atoms with Gasteiger partial charge >= 0.3 is 0 Å². The molecular formula is C13H21BrN2O. The fourth-order valence-corrected chi connectivity index (χ4v) is 3.38. The van der Waals surface area contributed by atoms with Gasteiger partial charge in [-0.25, -0.2) is 0 Å². The number of aliphatic hydroxyl groups is 1. The maximum absolute atomic E-state index is 10.6. The number of hydrogen-bond donors (Lipinski definition) is 1. The highest BCUT2D eigenvalue weighted by Gasteiger charge is 2.37. The third kappa shape index (κ3) is 2.58. The van der Waals surface area contributed by atoms with Crippen molar-refractivity contribution in [2.24, 2.45) is 13.0 Å². The smallest absolute Gasteiger partial charge is 0.0738 e. The van der Waals surface area contributed by atoms with E-state index in [9.17, 15) is 5.11 Å². The lowest BCUT2D eigenvalue weighted by molar-refractivity contribution is 0.0416. The van der Waals surface area contributed by atoms with E-state index < -0.39 is 5.60 Å². The van der Waals surface area contributed by atoms with E-state index in [1.807, 2.05) is 18.7 Å². The molecule has 0 spiro atoms. The van der Waals surface area contributed by atoms with Gasteiger partial charge in [-0.05, 0) is 48.0 Å². The lowest BCUT2D eigenvalue weighted by Crippen LogP contribution is -2.29. The van der Waals surface area contributed by atoms with Crippen molar-refractivity contribution < 1.29 is 5.11 Å². The van der Waals surface area contributed by atoms with Gasteiger partial charge in [0.2, 0.25) is 0 Å². The van der Waals surface area contributed by atoms with Gasteiger partial charge in [0.05, 0.1) is 21.5 Å². The Labute approximate surface area is 111 Å². The van der Waals surface area contributed by atoms with E-state index in [4.69, 9.17) is 0 Å². The van der Waals surface area contributed by atoms with Crippen LogP contribution in [0.2, 0.25) is 0 Å². The molecule has 1 aromatic heterocycles. The molecule has 1 N–H and O–H groups in total. The first-order chi connectivity index (χ1) is 7.95. The van der Waals surface area contributed by atoms with Crippen molar-refractivity contribution >= 4 is 15.9 Å². The summed E-state index contributed by atoms with van der Waals surface area (Å²) in [5, 5.41) is 15.0. The number of halogens is 1. The molecule has 0 amide bonds. The lowest BCUT2D eigenvalue weighted by atomic mass is 9.93. The fourth-order valence-electron chi connectivity index (χ4n) is 2.91. The van der Waals surface area contributed by atoms with Gasteiger partial charge in [0.1, 0.15) is 0 Å². The van der Waals surface area contributed by atoms with Crippen LogP contribution >= 0.6 is 15.9 Å². The molecule has 1 aromatic rings. The molecule has 3 nitrogen and oxygen atoms in total. The summed E-state index contributed by atoms with van der Waals surface area (Å²) in [6.07, 6.45) is 4.89. The molecule has 1 fully saturated rings. The molecule has 4 heteroatoms. The predicted octanol–water partition coefficient (Wildman–Crippen LogP) is 2.97. The summed E-state index contributed by atoms with van der Waals surface area (Å²) >= 11 is 3.57. The van der Waals surface area contributed by atoms with E-state index in [2.05, 4.69) is 28.0 Å². The van der Waals surface area contributed by atoms with Crippen molar-refractivity contribution in [1.82, 2.24) is 9.78 Å². The normalized spacial score (nSPS) is 28.9. The first-order valence-corrected chi connectivity index (χ1v) is 7.15. The molecule has 17 heavy (non-hydrogen) atoms. The minimum atomic E-state index is -0.524. The highest BCUT2D eigenvalue weighted by Crippen LogP contribution is 2.39. The molecule has 2 rings (SSSR count). The van der Waals surface area contributed by atoms with Gasteiger partial charge < -0.3 is 5.11 Å². The summed E-state index contributed by atoms with van der Waals surface area (Å²) in [5.41, 5.74) is 1.58. The summed E-state index contributed by atoms with van der Waals surface area (Å²) in [6.45, 7) is 4.20. The highest BCUT2D eigenvalue weighted by molar-refractivity contribution is 9.10. The summed E-state index contributed by atoms with van der Waals surface area (Å²) in [4.78, 5) is 0. The van der Waals surface area contributed by atoms with Gasteiger partial charge in [-0.3, -0.25) is 4.68 Å². The second-order valence-electron chi connectivity index (χ2n) is 5.39. The topological polar surface area (TPSA) is 38.1 Å². The third-order valence-corrected chi connectivity index (χ3v) is 5.05. The molecule has 2 unspecified atom stereocenters. The van der Waals surface area contributed by atoms with Crippen LogP contribution in [-0.2, 0) is 13.5 Å². The van der Waals surface area contributed by atoms with Crippen LogP contribution in [0.4, 0.5) is 0 Å². The van der Waals surface area contributed by atoms with Crippen LogP contribution in [0.15, 0.2) is 4.47 Å². The SMILES string of the molecule is CCC1CCC(O)(Cc2c(Br)c(C)nn2C)C1. The molecule has 0 saturated heterocycles. The monoisotopic (exact) mass is 300 g/mol. The average molecular weight is 301 g/mol. The van der Waals surface area contributed by atoms with E-state index in [1.54, 1.807) is 0 Å². The molecular weight excluding hydrogens is 280 g/mol. The molecule has 1 saturated carbocycles. The van der Waals surface area contributed by atoms with Gasteiger partial charge in [0, 0.05) is 13.5 Å². The number of aromatic nitrogens is 2. The Morgan fingerprint density at radius 1 is 1.59 bits per heavy atom. The van der Waals surface area contributed by atoms with E-state index in [0.717, 1.165) is 35.1 Å². The van der Waals surface area contributed by atoms with Crippen LogP contribution in [0.3, 0.4) is 0 Å². The Morgan fingerprint density at radius 3 is 2.76 bits per heavy atom. The Hall–Kier alpha value is -0.350. The quantitative estimate of drug-likeness (QED) is 0.932. The third-order valence-electron chi connectivity index (χ3n) is 4.02. The summed E-state index contributed by atoms with van der Waals surface area (Å²) in [7, 11) is 1.95. The number of nitrogens with zero attached hydrogens (tertiary/aromatic N) is 2. The maximum atomic E-state index is 10.6. The molecule has 0 radical (unpaired) electrons. The molecule has 1 heterocycles. The van der Waals surface area contributed by atoms with Crippen molar-refractivity contribution in [3.63, 3.8) is 0 Å². The van der Waals surface area contributed by atoms with E-state index >= 15 is 0 Å². The molecule has 2 atom stereocenters. The Kier molecular flexibility index (Phi) is 3.64. The zero-order chi connectivity index (χ0) is 12.6. The molecule has 0 aliphatic heterocycles. The summed E-state index contributed by atoms with van der Waals surface area (Å²) in [5.74, 6) is 0.688. The second-order valence-corrected chi connectivity index (χ2v) is 6.18. The summed E-state index contributed by atoms with van der Waals surface area (Å²) < 4.78 is 2.93. The van der Waals surface area contributed by atoms with Crippen molar-refractivity contribution in [3.05, 3.63) is 15.9 Å². The lowest BCUT2D eigenvalue weighted by Gasteiger charge is -2.23. The van der Waals surface area contributed by atoms with Gasteiger partial charge in [-0.2, -0.15) is 5.10 Å². The molecule has 96 valence electrons. The van der Waals surface area contributed by atoms with E-state index in [1.165, 1.54) is 6.42 Å². The van der Waals surface area contributed by atoms with Crippen LogP contribution in [0, 0.1) is 12.8 Å². The first-order valence-electron chi connectivity index (χ1n) is 6.35. The van der Waals surface area contributed by atoms with Crippen molar-refractivity contribution in [2.45, 2.75) is 51.6 Å². The Morgan fingerprint density at radius 2 is 2.29 bits per heavy atom. The minimum absolute atomic E-state index is 0.524. The van der Waals surface area contributed by atoms with Gasteiger partial charge in [-0.1, -0.05) is 13.3 Å². The zero-order valence-corrected chi connectivity index (χ0v) is 12.4.